The summed E-state index contributed by atoms with van der Waals surface area (Å²) in [4.78, 5) is 31.2. The SMILES string of the molecule is NC(Cc1ccc(O)cc1)C(=O)O.NC(Cc1ccc(O)cc1)C(=O)O.NC(Cc1ccc(O)cc1)C(=O)O.[Cr]. The van der Waals surface area contributed by atoms with Gasteiger partial charge in [0.1, 0.15) is 35.4 Å². The molecule has 0 heterocycles. The molecule has 0 radical (unpaired) electrons. The molecule has 0 saturated heterocycles. The largest absolute Gasteiger partial charge is 0.508 e. The molecule has 0 fully saturated rings. The summed E-state index contributed by atoms with van der Waals surface area (Å²) in [6.07, 6.45) is 0.820. The molecule has 3 rings (SSSR count). The second kappa shape index (κ2) is 18.2. The molecule has 3 unspecified atom stereocenters. The zero-order chi connectivity index (χ0) is 29.5. The van der Waals surface area contributed by atoms with Crippen molar-refractivity contribution in [3.63, 3.8) is 0 Å². The topological polar surface area (TPSA) is 251 Å². The van der Waals surface area contributed by atoms with Gasteiger partial charge < -0.3 is 47.8 Å². The van der Waals surface area contributed by atoms with Crippen LogP contribution in [0.5, 0.6) is 17.2 Å². The standard InChI is InChI=1S/3C9H11NO3.Cr/c3*10-8(9(12)13)5-6-1-3-7(11)4-2-6;/h3*1-4,8,11H,5,10H2,(H,12,13);. The van der Waals surface area contributed by atoms with Crippen molar-refractivity contribution in [2.75, 3.05) is 0 Å². The summed E-state index contributed by atoms with van der Waals surface area (Å²) in [5, 5.41) is 52.4. The molecule has 13 heteroatoms. The van der Waals surface area contributed by atoms with Crippen LogP contribution in [0.3, 0.4) is 0 Å². The van der Waals surface area contributed by atoms with Crippen molar-refractivity contribution < 1.29 is 62.4 Å². The van der Waals surface area contributed by atoms with E-state index >= 15 is 0 Å². The van der Waals surface area contributed by atoms with E-state index in [2.05, 4.69) is 0 Å². The normalized spacial score (nSPS) is 12.1. The summed E-state index contributed by atoms with van der Waals surface area (Å²) < 4.78 is 0. The quantitative estimate of drug-likeness (QED) is 0.168. The van der Waals surface area contributed by atoms with Gasteiger partial charge >= 0.3 is 17.9 Å². The number of benzene rings is 3. The second-order valence-electron chi connectivity index (χ2n) is 8.45. The fraction of sp³-hybridized carbons (Fsp3) is 0.222. The molecular formula is C27H33CrN3O9. The van der Waals surface area contributed by atoms with Gasteiger partial charge in [0.15, 0.2) is 0 Å². The van der Waals surface area contributed by atoms with Crippen LogP contribution in [0.4, 0.5) is 0 Å². The molecule has 0 aliphatic rings. The first-order valence-electron chi connectivity index (χ1n) is 11.6. The molecule has 0 aromatic heterocycles. The van der Waals surface area contributed by atoms with E-state index in [1.165, 1.54) is 36.4 Å². The van der Waals surface area contributed by atoms with Crippen LogP contribution >= 0.6 is 0 Å². The first-order chi connectivity index (χ1) is 18.3. The zero-order valence-corrected chi connectivity index (χ0v) is 22.6. The van der Waals surface area contributed by atoms with E-state index in [9.17, 15) is 14.4 Å². The Morgan fingerprint density at radius 1 is 0.475 bits per heavy atom. The van der Waals surface area contributed by atoms with Crippen molar-refractivity contribution in [2.45, 2.75) is 37.4 Å². The van der Waals surface area contributed by atoms with E-state index in [-0.39, 0.29) is 53.9 Å². The zero-order valence-electron chi connectivity index (χ0n) is 21.3. The first kappa shape index (κ1) is 35.9. The summed E-state index contributed by atoms with van der Waals surface area (Å²) in [6.45, 7) is 0. The van der Waals surface area contributed by atoms with Crippen molar-refractivity contribution in [3.05, 3.63) is 89.5 Å². The van der Waals surface area contributed by atoms with Crippen LogP contribution in [0.1, 0.15) is 16.7 Å². The molecule has 0 spiro atoms. The molecule has 0 saturated carbocycles. The van der Waals surface area contributed by atoms with E-state index in [0.29, 0.717) is 0 Å². The smallest absolute Gasteiger partial charge is 0.320 e. The Hall–Kier alpha value is -4.12. The van der Waals surface area contributed by atoms with Gasteiger partial charge in [-0.05, 0) is 72.4 Å². The summed E-state index contributed by atoms with van der Waals surface area (Å²) >= 11 is 0. The van der Waals surface area contributed by atoms with E-state index in [1.54, 1.807) is 36.4 Å². The molecule has 0 aliphatic heterocycles. The fourth-order valence-corrected chi connectivity index (χ4v) is 2.92. The molecule has 3 aromatic carbocycles. The Balaban J connectivity index is 0.000000563. The molecule has 0 amide bonds. The molecular weight excluding hydrogens is 562 g/mol. The Kier molecular flexibility index (Phi) is 16.3. The summed E-state index contributed by atoms with van der Waals surface area (Å²) in [5.41, 5.74) is 18.4. The van der Waals surface area contributed by atoms with Gasteiger partial charge in [-0.25, -0.2) is 0 Å². The Labute approximate surface area is 241 Å². The van der Waals surface area contributed by atoms with Gasteiger partial charge in [-0.2, -0.15) is 0 Å². The van der Waals surface area contributed by atoms with Crippen LogP contribution in [0, 0.1) is 0 Å². The van der Waals surface area contributed by atoms with Gasteiger partial charge in [-0.1, -0.05) is 36.4 Å². The number of aromatic hydroxyl groups is 3. The monoisotopic (exact) mass is 595 g/mol. The molecule has 12 N–H and O–H groups in total. The van der Waals surface area contributed by atoms with E-state index in [1.807, 2.05) is 0 Å². The van der Waals surface area contributed by atoms with Gasteiger partial charge in [0.2, 0.25) is 0 Å². The molecule has 0 aliphatic carbocycles. The van der Waals surface area contributed by atoms with Gasteiger partial charge in [0.05, 0.1) is 0 Å². The molecule has 40 heavy (non-hydrogen) atoms. The van der Waals surface area contributed by atoms with E-state index in [4.69, 9.17) is 47.8 Å². The molecule has 3 atom stereocenters. The predicted octanol–water partition coefficient (Wildman–Crippen LogP) is 1.04. The number of carbonyl (C=O) groups is 3. The van der Waals surface area contributed by atoms with E-state index in [0.717, 1.165) is 16.7 Å². The summed E-state index contributed by atoms with van der Waals surface area (Å²) in [6, 6.07) is 16.3. The van der Waals surface area contributed by atoms with Gasteiger partial charge in [-0.15, -0.1) is 0 Å². The van der Waals surface area contributed by atoms with Crippen LogP contribution in [0.25, 0.3) is 0 Å². The van der Waals surface area contributed by atoms with Crippen molar-refractivity contribution in [1.29, 1.82) is 0 Å². The van der Waals surface area contributed by atoms with Crippen LogP contribution < -0.4 is 17.2 Å². The number of hydrogen-bond donors (Lipinski definition) is 9. The number of hydrogen-bond acceptors (Lipinski definition) is 9. The number of rotatable bonds is 9. The first-order valence-corrected chi connectivity index (χ1v) is 11.6. The molecule has 3 aromatic rings. The maximum atomic E-state index is 10.4. The average Bonchev–Trinajstić information content (AvgIpc) is 2.88. The van der Waals surface area contributed by atoms with Crippen LogP contribution in [0.15, 0.2) is 72.8 Å². The van der Waals surface area contributed by atoms with Crippen LogP contribution in [-0.4, -0.2) is 66.7 Å². The van der Waals surface area contributed by atoms with Gasteiger partial charge in [0.25, 0.3) is 0 Å². The number of carboxylic acid groups (broad SMARTS) is 3. The van der Waals surface area contributed by atoms with Crippen molar-refractivity contribution in [1.82, 2.24) is 0 Å². The minimum absolute atomic E-state index is 0. The predicted molar refractivity (Wildman–Crippen MR) is 142 cm³/mol. The maximum absolute atomic E-state index is 10.4. The average molecular weight is 596 g/mol. The number of nitrogens with two attached hydrogens (primary N) is 3. The van der Waals surface area contributed by atoms with Crippen LogP contribution in [-0.2, 0) is 51.0 Å². The molecule has 12 nitrogen and oxygen atoms in total. The second-order valence-corrected chi connectivity index (χ2v) is 8.45. The summed E-state index contributed by atoms with van der Waals surface area (Å²) in [7, 11) is 0. The van der Waals surface area contributed by atoms with Crippen molar-refractivity contribution in [2.24, 2.45) is 17.2 Å². The number of aliphatic carboxylic acids is 3. The maximum Gasteiger partial charge on any atom is 0.320 e. The third kappa shape index (κ3) is 14.7. The third-order valence-electron chi connectivity index (χ3n) is 5.13. The molecule has 0 bridgehead atoms. The minimum atomic E-state index is -1.02. The van der Waals surface area contributed by atoms with Crippen LogP contribution in [0.2, 0.25) is 0 Å². The number of phenolic OH excluding ortho intramolecular Hbond substituents is 3. The van der Waals surface area contributed by atoms with Crippen molar-refractivity contribution >= 4 is 17.9 Å². The molecule has 216 valence electrons. The van der Waals surface area contributed by atoms with E-state index < -0.39 is 36.0 Å². The number of carboxylic acids is 3. The Morgan fingerprint density at radius 3 is 0.800 bits per heavy atom. The third-order valence-corrected chi connectivity index (χ3v) is 5.13. The van der Waals surface area contributed by atoms with Crippen molar-refractivity contribution in [3.8, 4) is 17.2 Å². The minimum Gasteiger partial charge on any atom is -0.508 e. The Bertz CT molecular complexity index is 1040. The van der Waals surface area contributed by atoms with Gasteiger partial charge in [0, 0.05) is 17.4 Å². The number of phenols is 3. The fourth-order valence-electron chi connectivity index (χ4n) is 2.92. The summed E-state index contributed by atoms with van der Waals surface area (Å²) in [5.74, 6) is -2.58. The Morgan fingerprint density at radius 2 is 0.650 bits per heavy atom. The van der Waals surface area contributed by atoms with Gasteiger partial charge in [-0.3, -0.25) is 14.4 Å².